The summed E-state index contributed by atoms with van der Waals surface area (Å²) in [4.78, 5) is 12.3. The molecule has 0 radical (unpaired) electrons. The molecular formula is C15H20BrNO. The molecule has 98 valence electrons. The van der Waals surface area contributed by atoms with Gasteiger partial charge in [0.05, 0.1) is 0 Å². The molecule has 0 saturated heterocycles. The molecule has 2 rings (SSSR count). The maximum absolute atomic E-state index is 12.3. The molecule has 3 heteroatoms. The van der Waals surface area contributed by atoms with Crippen molar-refractivity contribution in [3.63, 3.8) is 0 Å². The molecule has 0 heterocycles. The van der Waals surface area contributed by atoms with Gasteiger partial charge in [-0.3, -0.25) is 4.79 Å². The Morgan fingerprint density at radius 3 is 2.33 bits per heavy atom. The zero-order valence-corrected chi connectivity index (χ0v) is 12.5. The summed E-state index contributed by atoms with van der Waals surface area (Å²) >= 11 is 3.47. The molecule has 1 unspecified atom stereocenters. The van der Waals surface area contributed by atoms with Crippen molar-refractivity contribution in [2.24, 2.45) is 11.8 Å². The maximum Gasteiger partial charge on any atom is 0.224 e. The number of carbonyl (C=O) groups is 1. The summed E-state index contributed by atoms with van der Waals surface area (Å²) in [5.41, 5.74) is 2.66. The lowest BCUT2D eigenvalue weighted by molar-refractivity contribution is -0.125. The van der Waals surface area contributed by atoms with Crippen LogP contribution in [0.5, 0.6) is 0 Å². The molecule has 2 nitrogen and oxygen atoms in total. The number of carbonyl (C=O) groups excluding carboxylic acids is 1. The van der Waals surface area contributed by atoms with E-state index in [9.17, 15) is 4.79 Å². The minimum atomic E-state index is 0.114. The Kier molecular flexibility index (Phi) is 4.44. The largest absolute Gasteiger partial charge is 0.352 e. The van der Waals surface area contributed by atoms with Crippen LogP contribution >= 0.6 is 15.9 Å². The van der Waals surface area contributed by atoms with Gasteiger partial charge in [-0.2, -0.15) is 0 Å². The van der Waals surface area contributed by atoms with E-state index in [0.717, 1.165) is 18.2 Å². The van der Waals surface area contributed by atoms with Gasteiger partial charge in [0, 0.05) is 17.3 Å². The van der Waals surface area contributed by atoms with Crippen LogP contribution in [0.15, 0.2) is 24.3 Å². The first-order valence-electron chi connectivity index (χ1n) is 6.55. The quantitative estimate of drug-likeness (QED) is 0.851. The average molecular weight is 310 g/mol. The van der Waals surface area contributed by atoms with Crippen LogP contribution in [0.2, 0.25) is 0 Å². The van der Waals surface area contributed by atoms with Crippen molar-refractivity contribution < 1.29 is 4.79 Å². The van der Waals surface area contributed by atoms with Gasteiger partial charge in [0.1, 0.15) is 0 Å². The van der Waals surface area contributed by atoms with Gasteiger partial charge < -0.3 is 5.32 Å². The summed E-state index contributed by atoms with van der Waals surface area (Å²) in [6.07, 6.45) is 1.77. The summed E-state index contributed by atoms with van der Waals surface area (Å²) in [6.45, 7) is 4.27. The van der Waals surface area contributed by atoms with E-state index in [1.165, 1.54) is 11.1 Å². The van der Waals surface area contributed by atoms with Gasteiger partial charge in [0.2, 0.25) is 5.91 Å². The lowest BCUT2D eigenvalue weighted by atomic mass is 10.0. The molecule has 0 aromatic heterocycles. The fraction of sp³-hybridized carbons (Fsp3) is 0.533. The number of halogens is 1. The second kappa shape index (κ2) is 5.87. The maximum atomic E-state index is 12.3. The molecule has 1 aliphatic rings. The smallest absolute Gasteiger partial charge is 0.224 e. The monoisotopic (exact) mass is 309 g/mol. The fourth-order valence-corrected chi connectivity index (χ4v) is 3.34. The Bertz CT molecular complexity index is 405. The number of rotatable bonds is 4. The third-order valence-corrected chi connectivity index (χ3v) is 4.42. The van der Waals surface area contributed by atoms with E-state index in [4.69, 9.17) is 0 Å². The summed E-state index contributed by atoms with van der Waals surface area (Å²) in [5.74, 6) is 0.768. The molecular weight excluding hydrogens is 290 g/mol. The first-order chi connectivity index (χ1) is 8.61. The van der Waals surface area contributed by atoms with E-state index in [2.05, 4.69) is 59.4 Å². The number of amides is 1. The van der Waals surface area contributed by atoms with Crippen LogP contribution in [0.4, 0.5) is 0 Å². The van der Waals surface area contributed by atoms with Crippen molar-refractivity contribution in [3.8, 4) is 0 Å². The number of fused-ring (bicyclic) bond motifs is 1. The highest BCUT2D eigenvalue weighted by molar-refractivity contribution is 9.09. The highest BCUT2D eigenvalue weighted by atomic mass is 79.9. The van der Waals surface area contributed by atoms with Gasteiger partial charge in [-0.15, -0.1) is 0 Å². The second-order valence-electron chi connectivity index (χ2n) is 5.39. The molecule has 18 heavy (non-hydrogen) atoms. The van der Waals surface area contributed by atoms with Crippen molar-refractivity contribution in [1.29, 1.82) is 0 Å². The minimum absolute atomic E-state index is 0.114. The van der Waals surface area contributed by atoms with Crippen molar-refractivity contribution in [2.45, 2.75) is 32.7 Å². The third kappa shape index (κ3) is 2.94. The van der Waals surface area contributed by atoms with E-state index in [-0.39, 0.29) is 17.9 Å². The number of hydrogen-bond acceptors (Lipinski definition) is 1. The predicted octanol–water partition coefficient (Wildman–Crippen LogP) is 2.94. The second-order valence-corrected chi connectivity index (χ2v) is 6.03. The number of benzene rings is 1. The fourth-order valence-electron chi connectivity index (χ4n) is 2.43. The van der Waals surface area contributed by atoms with Gasteiger partial charge in [0.25, 0.3) is 0 Å². The summed E-state index contributed by atoms with van der Waals surface area (Å²) in [5, 5.41) is 3.97. The van der Waals surface area contributed by atoms with Crippen LogP contribution in [-0.2, 0) is 17.6 Å². The van der Waals surface area contributed by atoms with Crippen molar-refractivity contribution in [1.82, 2.24) is 5.32 Å². The van der Waals surface area contributed by atoms with Gasteiger partial charge in [-0.05, 0) is 29.9 Å². The van der Waals surface area contributed by atoms with Crippen LogP contribution in [0, 0.1) is 11.8 Å². The standard InChI is InChI=1S/C15H20BrNO/c1-10(2)14(9-16)17-15(18)13-7-11-5-3-4-6-12(11)8-13/h3-6,10,13-14H,7-9H2,1-2H3,(H,17,18). The van der Waals surface area contributed by atoms with Gasteiger partial charge in [-0.25, -0.2) is 0 Å². The van der Waals surface area contributed by atoms with E-state index < -0.39 is 0 Å². The minimum Gasteiger partial charge on any atom is -0.352 e. The molecule has 0 bridgehead atoms. The van der Waals surface area contributed by atoms with Crippen LogP contribution in [-0.4, -0.2) is 17.3 Å². The van der Waals surface area contributed by atoms with E-state index in [0.29, 0.717) is 5.92 Å². The van der Waals surface area contributed by atoms with E-state index in [1.54, 1.807) is 0 Å². The van der Waals surface area contributed by atoms with Crippen LogP contribution in [0.25, 0.3) is 0 Å². The van der Waals surface area contributed by atoms with Crippen molar-refractivity contribution >= 4 is 21.8 Å². The molecule has 0 fully saturated rings. The molecule has 0 aliphatic heterocycles. The van der Waals surface area contributed by atoms with Crippen LogP contribution in [0.3, 0.4) is 0 Å². The SMILES string of the molecule is CC(C)C(CBr)NC(=O)C1Cc2ccccc2C1. The lowest BCUT2D eigenvalue weighted by Crippen LogP contribution is -2.43. The van der Waals surface area contributed by atoms with Crippen LogP contribution < -0.4 is 5.32 Å². The lowest BCUT2D eigenvalue weighted by Gasteiger charge is -2.22. The number of nitrogens with one attached hydrogen (secondary N) is 1. The Hall–Kier alpha value is -0.830. The molecule has 1 aromatic carbocycles. The average Bonchev–Trinajstić information content (AvgIpc) is 2.79. The first-order valence-corrected chi connectivity index (χ1v) is 7.67. The summed E-state index contributed by atoms with van der Waals surface area (Å²) in [6, 6.07) is 8.59. The van der Waals surface area contributed by atoms with Gasteiger partial charge >= 0.3 is 0 Å². The zero-order valence-electron chi connectivity index (χ0n) is 10.9. The Labute approximate surface area is 117 Å². The van der Waals surface area contributed by atoms with Crippen LogP contribution in [0.1, 0.15) is 25.0 Å². The van der Waals surface area contributed by atoms with Gasteiger partial charge in [-0.1, -0.05) is 54.0 Å². The summed E-state index contributed by atoms with van der Waals surface area (Å²) in [7, 11) is 0. The topological polar surface area (TPSA) is 29.1 Å². The highest BCUT2D eigenvalue weighted by Crippen LogP contribution is 2.26. The van der Waals surface area contributed by atoms with E-state index in [1.807, 2.05) is 0 Å². The zero-order chi connectivity index (χ0) is 13.1. The molecule has 1 aliphatic carbocycles. The van der Waals surface area contributed by atoms with E-state index >= 15 is 0 Å². The number of hydrogen-bond donors (Lipinski definition) is 1. The predicted molar refractivity (Wildman–Crippen MR) is 77.9 cm³/mol. The van der Waals surface area contributed by atoms with Crippen molar-refractivity contribution in [3.05, 3.63) is 35.4 Å². The Balaban J connectivity index is 1.97. The molecule has 0 saturated carbocycles. The molecule has 1 aromatic rings. The Morgan fingerprint density at radius 1 is 1.33 bits per heavy atom. The molecule has 1 atom stereocenters. The summed E-state index contributed by atoms with van der Waals surface area (Å²) < 4.78 is 0. The molecule has 0 spiro atoms. The third-order valence-electron chi connectivity index (χ3n) is 3.72. The van der Waals surface area contributed by atoms with Gasteiger partial charge in [0.15, 0.2) is 0 Å². The Morgan fingerprint density at radius 2 is 1.89 bits per heavy atom. The highest BCUT2D eigenvalue weighted by Gasteiger charge is 2.28. The normalized spacial score (nSPS) is 16.7. The first kappa shape index (κ1) is 13.6. The molecule has 1 amide bonds. The number of alkyl halides is 1. The van der Waals surface area contributed by atoms with Crippen molar-refractivity contribution in [2.75, 3.05) is 5.33 Å². The molecule has 1 N–H and O–H groups in total.